The normalized spacial score (nSPS) is 20.6. The molecule has 2 N–H and O–H groups in total. The summed E-state index contributed by atoms with van der Waals surface area (Å²) in [6.45, 7) is 11.2. The summed E-state index contributed by atoms with van der Waals surface area (Å²) >= 11 is 12.5. The fourth-order valence-electron chi connectivity index (χ4n) is 4.54. The molecular weight excluding hydrogens is 555 g/mol. The molecule has 40 heavy (non-hydrogen) atoms. The maximum absolute atomic E-state index is 13.0. The van der Waals surface area contributed by atoms with Crippen molar-refractivity contribution in [1.29, 1.82) is 5.41 Å². The van der Waals surface area contributed by atoms with Gasteiger partial charge in [-0.2, -0.15) is 0 Å². The summed E-state index contributed by atoms with van der Waals surface area (Å²) in [7, 11) is 4.45. The topological polar surface area (TPSA) is 119 Å². The van der Waals surface area contributed by atoms with Gasteiger partial charge in [0.2, 0.25) is 0 Å². The van der Waals surface area contributed by atoms with E-state index < -0.39 is 6.03 Å². The van der Waals surface area contributed by atoms with Gasteiger partial charge in [-0.25, -0.2) is 19.8 Å². The number of allylic oxidation sites excluding steroid dienone is 3. The number of likely N-dealkylation sites (N-methyl/N-ethyl adjacent to an activating group) is 1. The third kappa shape index (κ3) is 8.26. The number of hydrogen-bond donors (Lipinski definition) is 2. The van der Waals surface area contributed by atoms with Gasteiger partial charge in [-0.05, 0) is 19.4 Å². The number of ether oxygens (including phenoxy) is 2. The number of halogens is 2. The highest BCUT2D eigenvalue weighted by atomic mass is 35.5. The Labute approximate surface area is 246 Å². The summed E-state index contributed by atoms with van der Waals surface area (Å²) in [5.74, 6) is 1.17. The van der Waals surface area contributed by atoms with Crippen LogP contribution in [0.5, 0.6) is 0 Å². The van der Waals surface area contributed by atoms with Crippen LogP contribution in [0.4, 0.5) is 16.4 Å². The van der Waals surface area contributed by atoms with E-state index >= 15 is 0 Å². The van der Waals surface area contributed by atoms with E-state index in [1.54, 1.807) is 13.1 Å². The Morgan fingerprint density at radius 2 is 2.02 bits per heavy atom. The average molecular weight is 594 g/mol. The van der Waals surface area contributed by atoms with E-state index in [0.717, 1.165) is 44.9 Å². The Morgan fingerprint density at radius 3 is 2.62 bits per heavy atom. The number of carbonyl (C=O) groups excluding carboxylic acids is 1. The van der Waals surface area contributed by atoms with Gasteiger partial charge < -0.3 is 25.1 Å². The van der Waals surface area contributed by atoms with Crippen LogP contribution in [0.2, 0.25) is 0 Å². The lowest BCUT2D eigenvalue weighted by Gasteiger charge is -2.40. The number of anilines is 1. The molecule has 2 fully saturated rings. The molecule has 13 heteroatoms. The van der Waals surface area contributed by atoms with Gasteiger partial charge in [0.25, 0.3) is 0 Å². The highest BCUT2D eigenvalue weighted by Crippen LogP contribution is 2.25. The maximum atomic E-state index is 13.0. The first-order valence-corrected chi connectivity index (χ1v) is 14.0. The molecule has 1 aliphatic carbocycles. The van der Waals surface area contributed by atoms with E-state index in [4.69, 9.17) is 38.1 Å². The second-order valence-electron chi connectivity index (χ2n) is 9.44. The molecular formula is C27H38Cl2N8O3. The molecule has 0 spiro atoms. The van der Waals surface area contributed by atoms with Crippen LogP contribution in [0.25, 0.3) is 0 Å². The molecule has 1 unspecified atom stereocenters. The molecule has 2 amide bonds. The molecule has 2 aliphatic rings. The summed E-state index contributed by atoms with van der Waals surface area (Å²) in [6.07, 6.45) is 5.17. The van der Waals surface area contributed by atoms with Crippen molar-refractivity contribution in [2.24, 2.45) is 4.99 Å². The minimum atomic E-state index is -0.524. The number of methoxy groups -OCH3 is 2. The van der Waals surface area contributed by atoms with Gasteiger partial charge in [0.15, 0.2) is 5.82 Å². The Morgan fingerprint density at radius 1 is 1.30 bits per heavy atom. The molecule has 0 radical (unpaired) electrons. The molecule has 2 heterocycles. The van der Waals surface area contributed by atoms with E-state index in [9.17, 15) is 4.79 Å². The molecule has 0 aromatic carbocycles. The van der Waals surface area contributed by atoms with Crippen LogP contribution in [-0.2, 0) is 9.47 Å². The second-order valence-corrected chi connectivity index (χ2v) is 10.1. The first-order valence-electron chi connectivity index (χ1n) is 13.1. The summed E-state index contributed by atoms with van der Waals surface area (Å²) in [5.41, 5.74) is 1.48. The Balaban J connectivity index is 1.68. The molecule has 1 aromatic rings. The summed E-state index contributed by atoms with van der Waals surface area (Å²) in [5, 5.41) is 11.4. The van der Waals surface area contributed by atoms with Crippen molar-refractivity contribution in [2.75, 3.05) is 64.8 Å². The van der Waals surface area contributed by atoms with Gasteiger partial charge in [-0.1, -0.05) is 25.1 Å². The number of carbonyl (C=O) groups is 1. The van der Waals surface area contributed by atoms with Gasteiger partial charge in [0.05, 0.1) is 37.2 Å². The summed E-state index contributed by atoms with van der Waals surface area (Å²) < 4.78 is 10.3. The number of hydrogen-bond acceptors (Lipinski definition) is 9. The fraction of sp³-hybridized carbons (Fsp3) is 0.519. The standard InChI is InChI=1S/C27H38Cl2N8O3/c1-6-36-9-11-37(12-10-36)19-7-8-21(20(30)14-19)33-24-15-25(32-17-31-24)35(3)27(38)34-22(16-28)26(29)23(40-5)13-18(2)39-4/h13,15,17,19,30H,2,6-12,14,16H2,1,3-5H3,(H,34,38). The van der Waals surface area contributed by atoms with Crippen LogP contribution in [0.15, 0.2) is 52.3 Å². The predicted molar refractivity (Wildman–Crippen MR) is 160 cm³/mol. The number of rotatable bonds is 10. The number of nitrogens with zero attached hydrogens (tertiary/aromatic N) is 6. The zero-order chi connectivity index (χ0) is 29.2. The van der Waals surface area contributed by atoms with E-state index in [-0.39, 0.29) is 22.4 Å². The highest BCUT2D eigenvalue weighted by Gasteiger charge is 2.29. The molecule has 3 rings (SSSR count). The molecule has 218 valence electrons. The van der Waals surface area contributed by atoms with Gasteiger partial charge in [0.1, 0.15) is 28.7 Å². The molecule has 1 atom stereocenters. The fourth-order valence-corrected chi connectivity index (χ4v) is 5.05. The van der Waals surface area contributed by atoms with Crippen LogP contribution in [0, 0.1) is 5.41 Å². The molecule has 1 aromatic heterocycles. The third-order valence-corrected chi connectivity index (χ3v) is 7.74. The number of alkyl halides is 1. The van der Waals surface area contributed by atoms with Crippen molar-refractivity contribution < 1.29 is 14.3 Å². The third-order valence-electron chi connectivity index (χ3n) is 7.06. The first kappa shape index (κ1) is 31.5. The minimum absolute atomic E-state index is 0.0847. The van der Waals surface area contributed by atoms with Crippen LogP contribution in [0.3, 0.4) is 0 Å². The highest BCUT2D eigenvalue weighted by molar-refractivity contribution is 6.42. The second kappa shape index (κ2) is 15.1. The number of piperazine rings is 1. The summed E-state index contributed by atoms with van der Waals surface area (Å²) in [4.78, 5) is 32.4. The van der Waals surface area contributed by atoms with Gasteiger partial charge in [-0.3, -0.25) is 9.80 Å². The number of nitrogens with one attached hydrogen (secondary N) is 2. The zero-order valence-electron chi connectivity index (χ0n) is 23.5. The molecule has 1 aliphatic heterocycles. The van der Waals surface area contributed by atoms with Gasteiger partial charge in [0, 0.05) is 57.8 Å². The molecule has 1 saturated carbocycles. The molecule has 1 saturated heterocycles. The molecule has 0 bridgehead atoms. The van der Waals surface area contributed by atoms with E-state index in [2.05, 4.69) is 43.6 Å². The SMILES string of the molecule is C=C(C=C(OC)C(Cl)=C(CCl)NC(=O)N(C)c1cc(N=C2CCC(N3CCN(CC)CC3)CC2=N)ncn1)OC. The van der Waals surface area contributed by atoms with Crippen LogP contribution in [-0.4, -0.2) is 103 Å². The Hall–Kier alpha value is -2.99. The van der Waals surface area contributed by atoms with Crippen molar-refractivity contribution in [3.05, 3.63) is 47.3 Å². The quantitative estimate of drug-likeness (QED) is 0.236. The van der Waals surface area contributed by atoms with Crippen molar-refractivity contribution in [2.45, 2.75) is 32.2 Å². The van der Waals surface area contributed by atoms with E-state index in [0.29, 0.717) is 42.0 Å². The lowest BCUT2D eigenvalue weighted by atomic mass is 9.90. The van der Waals surface area contributed by atoms with E-state index in [1.807, 2.05) is 0 Å². The monoisotopic (exact) mass is 592 g/mol. The minimum Gasteiger partial charge on any atom is -0.497 e. The van der Waals surface area contributed by atoms with Crippen LogP contribution < -0.4 is 10.2 Å². The van der Waals surface area contributed by atoms with Crippen molar-refractivity contribution in [1.82, 2.24) is 25.1 Å². The lowest BCUT2D eigenvalue weighted by molar-refractivity contribution is 0.0976. The number of aliphatic imine (C=N–C) groups is 1. The van der Waals surface area contributed by atoms with Crippen LogP contribution >= 0.6 is 23.2 Å². The Kier molecular flexibility index (Phi) is 11.9. The van der Waals surface area contributed by atoms with Gasteiger partial charge in [-0.15, -0.1) is 11.6 Å². The number of aromatic nitrogens is 2. The van der Waals surface area contributed by atoms with Crippen LogP contribution in [0.1, 0.15) is 26.2 Å². The number of urea groups is 1. The predicted octanol–water partition coefficient (Wildman–Crippen LogP) is 4.28. The van der Waals surface area contributed by atoms with Gasteiger partial charge >= 0.3 is 6.03 Å². The van der Waals surface area contributed by atoms with E-state index in [1.165, 1.54) is 31.5 Å². The lowest BCUT2D eigenvalue weighted by Crippen LogP contribution is -2.52. The Bertz CT molecular complexity index is 1180. The zero-order valence-corrected chi connectivity index (χ0v) is 25.1. The first-order chi connectivity index (χ1) is 19.2. The smallest absolute Gasteiger partial charge is 0.327 e. The number of amides is 2. The van der Waals surface area contributed by atoms with Crippen molar-refractivity contribution in [3.63, 3.8) is 0 Å². The van der Waals surface area contributed by atoms with Crippen molar-refractivity contribution in [3.8, 4) is 0 Å². The molecule has 11 nitrogen and oxygen atoms in total. The largest absolute Gasteiger partial charge is 0.497 e. The van der Waals surface area contributed by atoms with Crippen molar-refractivity contribution >= 4 is 52.3 Å². The summed E-state index contributed by atoms with van der Waals surface area (Å²) in [6, 6.07) is 1.45. The maximum Gasteiger partial charge on any atom is 0.327 e. The average Bonchev–Trinajstić information content (AvgIpc) is 2.98.